The third-order valence-corrected chi connectivity index (χ3v) is 7.53. The molecule has 0 aliphatic carbocycles. The van der Waals surface area contributed by atoms with Gasteiger partial charge in [0.25, 0.3) is 5.91 Å². The molecule has 11 heteroatoms. The normalized spacial score (nSPS) is 16.6. The molecule has 3 heterocycles. The van der Waals surface area contributed by atoms with Crippen LogP contribution in [0.3, 0.4) is 0 Å². The van der Waals surface area contributed by atoms with E-state index in [2.05, 4.69) is 4.98 Å². The topological polar surface area (TPSA) is 94.0 Å². The van der Waals surface area contributed by atoms with E-state index in [9.17, 15) is 17.6 Å². The Kier molecular flexibility index (Phi) is 5.51. The number of aromatic nitrogens is 2. The van der Waals surface area contributed by atoms with Gasteiger partial charge in [-0.05, 0) is 36.4 Å². The molecule has 33 heavy (non-hydrogen) atoms. The van der Waals surface area contributed by atoms with Gasteiger partial charge in [0.2, 0.25) is 10.0 Å². The van der Waals surface area contributed by atoms with Gasteiger partial charge in [-0.25, -0.2) is 17.8 Å². The standard InChI is InChI=1S/C22H21FN4O5S/c23-16-1-3-17(4-2-16)27-15-24-14-19(27)22(28)25-7-9-26(10-8-25)33(29,30)18-5-6-20-21(13-18)32-12-11-31-20/h1-6,13-15H,7-12H2. The average Bonchev–Trinajstić information content (AvgIpc) is 3.34. The molecule has 2 aliphatic rings. The van der Waals surface area contributed by atoms with Gasteiger partial charge in [-0.2, -0.15) is 4.31 Å². The number of piperazine rings is 1. The van der Waals surface area contributed by atoms with Crippen LogP contribution in [0.4, 0.5) is 4.39 Å². The highest BCUT2D eigenvalue weighted by atomic mass is 32.2. The molecule has 0 saturated carbocycles. The van der Waals surface area contributed by atoms with Crippen LogP contribution in [-0.2, 0) is 10.0 Å². The molecule has 0 spiro atoms. The summed E-state index contributed by atoms with van der Waals surface area (Å²) in [6.07, 6.45) is 2.94. The monoisotopic (exact) mass is 472 g/mol. The van der Waals surface area contributed by atoms with E-state index in [-0.39, 0.29) is 42.8 Å². The zero-order chi connectivity index (χ0) is 23.0. The lowest BCUT2D eigenvalue weighted by Crippen LogP contribution is -2.50. The number of benzene rings is 2. The fourth-order valence-corrected chi connectivity index (χ4v) is 5.33. The lowest BCUT2D eigenvalue weighted by atomic mass is 10.2. The highest BCUT2D eigenvalue weighted by Crippen LogP contribution is 2.33. The SMILES string of the molecule is O=C(c1cncn1-c1ccc(F)cc1)N1CCN(S(=O)(=O)c2ccc3c(c2)OCCO3)CC1. The fourth-order valence-electron chi connectivity index (χ4n) is 3.89. The molecule has 0 radical (unpaired) electrons. The van der Waals surface area contributed by atoms with Crippen molar-refractivity contribution in [2.75, 3.05) is 39.4 Å². The number of hydrogen-bond donors (Lipinski definition) is 0. The van der Waals surface area contributed by atoms with Gasteiger partial charge in [0.1, 0.15) is 24.7 Å². The summed E-state index contributed by atoms with van der Waals surface area (Å²) >= 11 is 0. The van der Waals surface area contributed by atoms with Gasteiger partial charge in [0.05, 0.1) is 17.4 Å². The molecule has 9 nitrogen and oxygen atoms in total. The number of hydrogen-bond acceptors (Lipinski definition) is 6. The van der Waals surface area contributed by atoms with Gasteiger partial charge in [0.15, 0.2) is 11.5 Å². The molecular formula is C22H21FN4O5S. The highest BCUT2D eigenvalue weighted by molar-refractivity contribution is 7.89. The largest absolute Gasteiger partial charge is 0.486 e. The third kappa shape index (κ3) is 4.05. The number of carbonyl (C=O) groups excluding carboxylic acids is 1. The van der Waals surface area contributed by atoms with Gasteiger partial charge >= 0.3 is 0 Å². The molecule has 0 unspecified atom stereocenters. The molecule has 172 valence electrons. The Hall–Kier alpha value is -3.44. The van der Waals surface area contributed by atoms with Crippen LogP contribution in [0.2, 0.25) is 0 Å². The quantitative estimate of drug-likeness (QED) is 0.576. The minimum absolute atomic E-state index is 0.126. The molecular weight excluding hydrogens is 451 g/mol. The summed E-state index contributed by atoms with van der Waals surface area (Å²) in [6.45, 7) is 1.58. The molecule has 0 bridgehead atoms. The summed E-state index contributed by atoms with van der Waals surface area (Å²) in [5.41, 5.74) is 0.932. The molecule has 3 aromatic rings. The van der Waals surface area contributed by atoms with Crippen LogP contribution in [0, 0.1) is 5.82 Å². The summed E-state index contributed by atoms with van der Waals surface area (Å²) in [4.78, 5) is 18.9. The zero-order valence-corrected chi connectivity index (χ0v) is 18.4. The van der Waals surface area contributed by atoms with Crippen LogP contribution in [0.1, 0.15) is 10.5 Å². The summed E-state index contributed by atoms with van der Waals surface area (Å²) < 4.78 is 53.4. The second-order valence-electron chi connectivity index (χ2n) is 7.63. The summed E-state index contributed by atoms with van der Waals surface area (Å²) in [7, 11) is -3.75. The van der Waals surface area contributed by atoms with Gasteiger partial charge in [-0.1, -0.05) is 0 Å². The maximum atomic E-state index is 13.3. The van der Waals surface area contributed by atoms with Crippen molar-refractivity contribution >= 4 is 15.9 Å². The van der Waals surface area contributed by atoms with Crippen molar-refractivity contribution < 1.29 is 27.1 Å². The first-order chi connectivity index (χ1) is 15.9. The van der Waals surface area contributed by atoms with Crippen LogP contribution < -0.4 is 9.47 Å². The van der Waals surface area contributed by atoms with Crippen molar-refractivity contribution in [3.8, 4) is 17.2 Å². The van der Waals surface area contributed by atoms with Crippen LogP contribution in [0.5, 0.6) is 11.5 Å². The van der Waals surface area contributed by atoms with Gasteiger partial charge in [-0.15, -0.1) is 0 Å². The molecule has 1 aromatic heterocycles. The van der Waals surface area contributed by atoms with Crippen LogP contribution >= 0.6 is 0 Å². The van der Waals surface area contributed by atoms with Crippen LogP contribution in [-0.4, -0.2) is 72.5 Å². The lowest BCUT2D eigenvalue weighted by molar-refractivity contribution is 0.0689. The van der Waals surface area contributed by atoms with E-state index in [1.165, 1.54) is 41.1 Å². The first kappa shape index (κ1) is 21.4. The fraction of sp³-hybridized carbons (Fsp3) is 0.273. The Morgan fingerprint density at radius 1 is 0.939 bits per heavy atom. The average molecular weight is 472 g/mol. The number of ether oxygens (including phenoxy) is 2. The molecule has 1 saturated heterocycles. The molecule has 2 aromatic carbocycles. The number of halogens is 1. The number of nitrogens with zero attached hydrogens (tertiary/aromatic N) is 4. The van der Waals surface area contributed by atoms with E-state index >= 15 is 0 Å². The van der Waals surface area contributed by atoms with Crippen LogP contribution in [0.25, 0.3) is 5.69 Å². The van der Waals surface area contributed by atoms with Gasteiger partial charge < -0.3 is 14.4 Å². The Morgan fingerprint density at radius 2 is 1.64 bits per heavy atom. The van der Waals surface area contributed by atoms with Crippen molar-refractivity contribution in [2.24, 2.45) is 0 Å². The second-order valence-corrected chi connectivity index (χ2v) is 9.56. The molecule has 0 atom stereocenters. The summed E-state index contributed by atoms with van der Waals surface area (Å²) in [6, 6.07) is 10.3. The minimum atomic E-state index is -3.75. The van der Waals surface area contributed by atoms with E-state index in [0.717, 1.165) is 0 Å². The highest BCUT2D eigenvalue weighted by Gasteiger charge is 2.32. The van der Waals surface area contributed by atoms with Crippen LogP contribution in [0.15, 0.2) is 59.9 Å². The van der Waals surface area contributed by atoms with E-state index in [4.69, 9.17) is 9.47 Å². The van der Waals surface area contributed by atoms with E-state index in [1.807, 2.05) is 0 Å². The Labute approximate surface area is 190 Å². The Bertz CT molecular complexity index is 1280. The van der Waals surface area contributed by atoms with Gasteiger partial charge in [0, 0.05) is 37.9 Å². The number of imidazole rings is 1. The summed E-state index contributed by atoms with van der Waals surface area (Å²) in [5.74, 6) is 0.286. The Balaban J connectivity index is 1.29. The number of fused-ring (bicyclic) bond motifs is 1. The first-order valence-corrected chi connectivity index (χ1v) is 11.8. The number of amides is 1. The summed E-state index contributed by atoms with van der Waals surface area (Å²) in [5, 5.41) is 0. The lowest BCUT2D eigenvalue weighted by Gasteiger charge is -2.34. The van der Waals surface area contributed by atoms with Crippen molar-refractivity contribution in [1.29, 1.82) is 0 Å². The predicted molar refractivity (Wildman–Crippen MR) is 116 cm³/mol. The second kappa shape index (κ2) is 8.49. The van der Waals surface area contributed by atoms with Crippen molar-refractivity contribution in [3.63, 3.8) is 0 Å². The van der Waals surface area contributed by atoms with Gasteiger partial charge in [-0.3, -0.25) is 9.36 Å². The smallest absolute Gasteiger partial charge is 0.272 e. The molecule has 1 fully saturated rings. The number of sulfonamides is 1. The Morgan fingerprint density at radius 3 is 2.36 bits per heavy atom. The predicted octanol–water partition coefficient (Wildman–Crippen LogP) is 1.93. The van der Waals surface area contributed by atoms with E-state index in [0.29, 0.717) is 36.1 Å². The molecule has 1 amide bonds. The van der Waals surface area contributed by atoms with Crippen molar-refractivity contribution in [1.82, 2.24) is 18.8 Å². The third-order valence-electron chi connectivity index (χ3n) is 5.64. The maximum Gasteiger partial charge on any atom is 0.272 e. The number of carbonyl (C=O) groups is 1. The van der Waals surface area contributed by atoms with E-state index < -0.39 is 10.0 Å². The zero-order valence-electron chi connectivity index (χ0n) is 17.6. The first-order valence-electron chi connectivity index (χ1n) is 10.4. The molecule has 5 rings (SSSR count). The minimum Gasteiger partial charge on any atom is -0.486 e. The van der Waals surface area contributed by atoms with E-state index in [1.54, 1.807) is 27.7 Å². The number of rotatable bonds is 4. The van der Waals surface area contributed by atoms with Crippen molar-refractivity contribution in [3.05, 3.63) is 66.5 Å². The molecule has 2 aliphatic heterocycles. The van der Waals surface area contributed by atoms with Crippen molar-refractivity contribution in [2.45, 2.75) is 4.90 Å². The molecule has 0 N–H and O–H groups in total. The maximum absolute atomic E-state index is 13.3.